The van der Waals surface area contributed by atoms with E-state index >= 15 is 0 Å². The van der Waals surface area contributed by atoms with Crippen LogP contribution >= 0.6 is 23.1 Å². The Morgan fingerprint density at radius 1 is 1.16 bits per heavy atom. The zero-order chi connectivity index (χ0) is 21.6. The third kappa shape index (κ3) is 4.92. The van der Waals surface area contributed by atoms with Crippen LogP contribution in [-0.2, 0) is 11.3 Å². The summed E-state index contributed by atoms with van der Waals surface area (Å²) in [5, 5.41) is 14.7. The standard InChI is InChI=1S/C23H21N5OS2/c1-3-13-28-21(18-12-8-7-9-16(18)2)26-27-23(28)31-15-20(29)25-22-24-19(14-30-22)17-10-5-4-6-11-17/h3-12,14H,1,13,15H2,2H3,(H,24,25,29). The molecule has 2 aromatic carbocycles. The molecule has 8 heteroatoms. The molecule has 0 fully saturated rings. The van der Waals surface area contributed by atoms with Crippen LogP contribution in [0.5, 0.6) is 0 Å². The predicted octanol–water partition coefficient (Wildman–Crippen LogP) is 5.29. The first-order chi connectivity index (χ1) is 15.2. The molecule has 1 amide bonds. The molecule has 0 aliphatic heterocycles. The number of aromatic nitrogens is 4. The van der Waals surface area contributed by atoms with Gasteiger partial charge in [0.1, 0.15) is 0 Å². The van der Waals surface area contributed by atoms with Gasteiger partial charge in [-0.2, -0.15) is 0 Å². The van der Waals surface area contributed by atoms with Gasteiger partial charge in [0.15, 0.2) is 16.1 Å². The average molecular weight is 448 g/mol. The quantitative estimate of drug-likeness (QED) is 0.293. The number of hydrogen-bond donors (Lipinski definition) is 1. The first-order valence-electron chi connectivity index (χ1n) is 9.69. The van der Waals surface area contributed by atoms with Crippen molar-refractivity contribution in [1.82, 2.24) is 19.7 Å². The van der Waals surface area contributed by atoms with Crippen LogP contribution in [0.25, 0.3) is 22.6 Å². The van der Waals surface area contributed by atoms with Gasteiger partial charge in [-0.1, -0.05) is 72.4 Å². The number of thioether (sulfide) groups is 1. The van der Waals surface area contributed by atoms with Gasteiger partial charge in [-0.3, -0.25) is 9.36 Å². The number of thiazole rings is 1. The van der Waals surface area contributed by atoms with Crippen molar-refractivity contribution >= 4 is 34.1 Å². The number of benzene rings is 2. The maximum atomic E-state index is 12.5. The molecule has 1 N–H and O–H groups in total. The molecular formula is C23H21N5OS2. The Kier molecular flexibility index (Phi) is 6.59. The molecule has 0 unspecified atom stereocenters. The summed E-state index contributed by atoms with van der Waals surface area (Å²) < 4.78 is 1.98. The third-order valence-corrected chi connectivity index (χ3v) is 6.29. The lowest BCUT2D eigenvalue weighted by Crippen LogP contribution is -2.14. The Labute approximate surface area is 189 Å². The van der Waals surface area contributed by atoms with E-state index in [1.165, 1.54) is 23.1 Å². The van der Waals surface area contributed by atoms with Crippen molar-refractivity contribution in [2.45, 2.75) is 18.6 Å². The monoisotopic (exact) mass is 447 g/mol. The van der Waals surface area contributed by atoms with Crippen LogP contribution in [0, 0.1) is 6.92 Å². The lowest BCUT2D eigenvalue weighted by Gasteiger charge is -2.09. The number of rotatable bonds is 8. The minimum atomic E-state index is -0.135. The van der Waals surface area contributed by atoms with Crippen molar-refractivity contribution in [1.29, 1.82) is 0 Å². The molecule has 6 nitrogen and oxygen atoms in total. The van der Waals surface area contributed by atoms with Gasteiger partial charge in [0.05, 0.1) is 11.4 Å². The molecule has 0 aliphatic rings. The van der Waals surface area contributed by atoms with E-state index in [-0.39, 0.29) is 11.7 Å². The number of hydrogen-bond acceptors (Lipinski definition) is 6. The third-order valence-electron chi connectivity index (χ3n) is 4.57. The van der Waals surface area contributed by atoms with Crippen LogP contribution in [0.1, 0.15) is 5.56 Å². The summed E-state index contributed by atoms with van der Waals surface area (Å²) in [5.74, 6) is 0.849. The van der Waals surface area contributed by atoms with E-state index in [9.17, 15) is 4.79 Å². The first-order valence-corrected chi connectivity index (χ1v) is 11.6. The van der Waals surface area contributed by atoms with Crippen molar-refractivity contribution in [2.75, 3.05) is 11.1 Å². The molecule has 4 aromatic rings. The van der Waals surface area contributed by atoms with Gasteiger partial charge < -0.3 is 5.32 Å². The highest BCUT2D eigenvalue weighted by Crippen LogP contribution is 2.27. The van der Waals surface area contributed by atoms with Crippen LogP contribution in [0.2, 0.25) is 0 Å². The molecule has 31 heavy (non-hydrogen) atoms. The minimum absolute atomic E-state index is 0.135. The number of carbonyl (C=O) groups is 1. The average Bonchev–Trinajstić information content (AvgIpc) is 3.41. The summed E-state index contributed by atoms with van der Waals surface area (Å²) in [4.78, 5) is 17.0. The van der Waals surface area contributed by atoms with E-state index < -0.39 is 0 Å². The number of allylic oxidation sites excluding steroid dienone is 1. The number of aryl methyl sites for hydroxylation is 1. The Hall–Kier alpha value is -3.23. The van der Waals surface area contributed by atoms with E-state index in [0.717, 1.165) is 28.2 Å². The van der Waals surface area contributed by atoms with Gasteiger partial charge in [0.25, 0.3) is 0 Å². The molecule has 0 spiro atoms. The molecular weight excluding hydrogens is 426 g/mol. The van der Waals surface area contributed by atoms with E-state index in [2.05, 4.69) is 27.1 Å². The second kappa shape index (κ2) is 9.72. The van der Waals surface area contributed by atoms with Crippen molar-refractivity contribution in [3.63, 3.8) is 0 Å². The van der Waals surface area contributed by atoms with Gasteiger partial charge >= 0.3 is 0 Å². The lowest BCUT2D eigenvalue weighted by molar-refractivity contribution is -0.113. The lowest BCUT2D eigenvalue weighted by atomic mass is 10.1. The molecule has 0 aliphatic carbocycles. The molecule has 0 saturated carbocycles. The molecule has 0 saturated heterocycles. The highest BCUT2D eigenvalue weighted by atomic mass is 32.2. The zero-order valence-corrected chi connectivity index (χ0v) is 18.6. The number of anilines is 1. The topological polar surface area (TPSA) is 72.7 Å². The van der Waals surface area contributed by atoms with Crippen LogP contribution in [0.3, 0.4) is 0 Å². The van der Waals surface area contributed by atoms with E-state index in [0.29, 0.717) is 16.8 Å². The second-order valence-corrected chi connectivity index (χ2v) is 8.56. The number of nitrogens with one attached hydrogen (secondary N) is 1. The van der Waals surface area contributed by atoms with E-state index in [1.54, 1.807) is 6.08 Å². The summed E-state index contributed by atoms with van der Waals surface area (Å²) in [6.45, 7) is 6.45. The number of amides is 1. The Morgan fingerprint density at radius 3 is 2.71 bits per heavy atom. The van der Waals surface area contributed by atoms with Crippen LogP contribution in [0.15, 0.2) is 77.8 Å². The van der Waals surface area contributed by atoms with Gasteiger partial charge in [0.2, 0.25) is 5.91 Å². The fraction of sp³-hybridized carbons (Fsp3) is 0.130. The normalized spacial score (nSPS) is 10.7. The van der Waals surface area contributed by atoms with Crippen molar-refractivity contribution in [3.05, 3.63) is 78.2 Å². The molecule has 2 heterocycles. The van der Waals surface area contributed by atoms with Crippen molar-refractivity contribution < 1.29 is 4.79 Å². The molecule has 4 rings (SSSR count). The van der Waals surface area contributed by atoms with Crippen LogP contribution in [0.4, 0.5) is 5.13 Å². The fourth-order valence-corrected chi connectivity index (χ4v) is 4.55. The van der Waals surface area contributed by atoms with E-state index in [4.69, 9.17) is 0 Å². The smallest absolute Gasteiger partial charge is 0.236 e. The zero-order valence-electron chi connectivity index (χ0n) is 17.0. The Balaban J connectivity index is 1.43. The summed E-state index contributed by atoms with van der Waals surface area (Å²) in [6.07, 6.45) is 1.80. The molecule has 2 aromatic heterocycles. The highest BCUT2D eigenvalue weighted by Gasteiger charge is 2.16. The van der Waals surface area contributed by atoms with Gasteiger partial charge in [-0.25, -0.2) is 4.98 Å². The Morgan fingerprint density at radius 2 is 1.94 bits per heavy atom. The van der Waals surface area contributed by atoms with Crippen molar-refractivity contribution in [2.24, 2.45) is 0 Å². The summed E-state index contributed by atoms with van der Waals surface area (Å²) in [7, 11) is 0. The summed E-state index contributed by atoms with van der Waals surface area (Å²) in [6, 6.07) is 17.9. The van der Waals surface area contributed by atoms with Gasteiger partial charge in [-0.15, -0.1) is 28.1 Å². The van der Waals surface area contributed by atoms with Gasteiger partial charge in [0, 0.05) is 23.1 Å². The Bertz CT molecular complexity index is 1200. The van der Waals surface area contributed by atoms with Crippen LogP contribution < -0.4 is 5.32 Å². The fourth-order valence-electron chi connectivity index (χ4n) is 3.07. The molecule has 0 bridgehead atoms. The molecule has 0 radical (unpaired) electrons. The SMILES string of the molecule is C=CCn1c(SCC(=O)Nc2nc(-c3ccccc3)cs2)nnc1-c1ccccc1C. The molecule has 0 atom stereocenters. The maximum Gasteiger partial charge on any atom is 0.236 e. The predicted molar refractivity (Wildman–Crippen MR) is 127 cm³/mol. The first kappa shape index (κ1) is 21.0. The largest absolute Gasteiger partial charge is 0.301 e. The van der Waals surface area contributed by atoms with E-state index in [1.807, 2.05) is 71.5 Å². The highest BCUT2D eigenvalue weighted by molar-refractivity contribution is 7.99. The summed E-state index contributed by atoms with van der Waals surface area (Å²) in [5.41, 5.74) is 4.01. The number of carbonyl (C=O) groups excluding carboxylic acids is 1. The second-order valence-electron chi connectivity index (χ2n) is 6.76. The van der Waals surface area contributed by atoms with Crippen LogP contribution in [-0.4, -0.2) is 31.4 Å². The minimum Gasteiger partial charge on any atom is -0.301 e. The number of nitrogens with zero attached hydrogens (tertiary/aromatic N) is 4. The van der Waals surface area contributed by atoms with Gasteiger partial charge in [-0.05, 0) is 12.5 Å². The van der Waals surface area contributed by atoms with Crippen molar-refractivity contribution in [3.8, 4) is 22.6 Å². The maximum absolute atomic E-state index is 12.5. The summed E-state index contributed by atoms with van der Waals surface area (Å²) >= 11 is 2.76. The molecule has 156 valence electrons.